The summed E-state index contributed by atoms with van der Waals surface area (Å²) in [5.74, 6) is 0.521. The van der Waals surface area contributed by atoms with Gasteiger partial charge in [0.2, 0.25) is 5.91 Å². The molecule has 2 N–H and O–H groups in total. The Balaban J connectivity index is 2.37. The summed E-state index contributed by atoms with van der Waals surface area (Å²) in [5, 5.41) is 6.27. The van der Waals surface area contributed by atoms with Crippen molar-refractivity contribution in [3.8, 4) is 0 Å². The van der Waals surface area contributed by atoms with Gasteiger partial charge >= 0.3 is 0 Å². The number of amides is 1. The molecule has 1 rings (SSSR count). The maximum Gasteiger partial charge on any atom is 0.237 e. The molecule has 0 spiro atoms. The van der Waals surface area contributed by atoms with E-state index in [0.717, 1.165) is 19.4 Å². The van der Waals surface area contributed by atoms with E-state index >= 15 is 0 Å². The number of hydrogen-bond donors (Lipinski definition) is 2. The second-order valence-electron chi connectivity index (χ2n) is 4.67. The first-order valence-corrected chi connectivity index (χ1v) is 6.26. The maximum atomic E-state index is 11.9. The Hall–Kier alpha value is -0.610. The van der Waals surface area contributed by atoms with E-state index in [1.807, 2.05) is 6.92 Å². The highest BCUT2D eigenvalue weighted by Gasteiger charge is 2.25. The second kappa shape index (κ2) is 6.86. The Morgan fingerprint density at radius 1 is 1.56 bits per heavy atom. The van der Waals surface area contributed by atoms with Gasteiger partial charge in [0.25, 0.3) is 0 Å². The molecular weight excluding hydrogens is 204 g/mol. The van der Waals surface area contributed by atoms with Crippen LogP contribution in [0.5, 0.6) is 0 Å². The van der Waals surface area contributed by atoms with Crippen LogP contribution in [0.3, 0.4) is 0 Å². The lowest BCUT2D eigenvalue weighted by Gasteiger charge is -2.23. The predicted octanol–water partition coefficient (Wildman–Crippen LogP) is 0.916. The lowest BCUT2D eigenvalue weighted by atomic mass is 10.0. The van der Waals surface area contributed by atoms with E-state index in [2.05, 4.69) is 24.5 Å². The third kappa shape index (κ3) is 4.10. The van der Waals surface area contributed by atoms with Gasteiger partial charge in [-0.05, 0) is 32.2 Å². The molecule has 0 bridgehead atoms. The number of ether oxygens (including phenoxy) is 1. The second-order valence-corrected chi connectivity index (χ2v) is 4.67. The smallest absolute Gasteiger partial charge is 0.237 e. The highest BCUT2D eigenvalue weighted by molar-refractivity contribution is 5.82. The maximum absolute atomic E-state index is 11.9. The van der Waals surface area contributed by atoms with Crippen LogP contribution < -0.4 is 10.6 Å². The van der Waals surface area contributed by atoms with Crippen molar-refractivity contribution < 1.29 is 9.53 Å². The van der Waals surface area contributed by atoms with Crippen molar-refractivity contribution in [2.75, 3.05) is 19.8 Å². The predicted molar refractivity (Wildman–Crippen MR) is 64.3 cm³/mol. The molecule has 2 atom stereocenters. The van der Waals surface area contributed by atoms with Crippen LogP contribution in [0.15, 0.2) is 0 Å². The zero-order valence-corrected chi connectivity index (χ0v) is 10.6. The van der Waals surface area contributed by atoms with Crippen LogP contribution in [0.4, 0.5) is 0 Å². The van der Waals surface area contributed by atoms with Gasteiger partial charge in [0.05, 0.1) is 18.7 Å². The summed E-state index contributed by atoms with van der Waals surface area (Å²) in [5.41, 5.74) is 0. The molecule has 1 unspecified atom stereocenters. The quantitative estimate of drug-likeness (QED) is 0.710. The van der Waals surface area contributed by atoms with E-state index in [1.54, 1.807) is 0 Å². The van der Waals surface area contributed by atoms with E-state index in [-0.39, 0.29) is 18.0 Å². The van der Waals surface area contributed by atoms with Crippen LogP contribution in [0.2, 0.25) is 0 Å². The summed E-state index contributed by atoms with van der Waals surface area (Å²) in [6, 6.07) is 0.123. The van der Waals surface area contributed by atoms with Crippen molar-refractivity contribution in [1.82, 2.24) is 10.6 Å². The first-order valence-electron chi connectivity index (χ1n) is 6.26. The van der Waals surface area contributed by atoms with E-state index in [4.69, 9.17) is 4.74 Å². The van der Waals surface area contributed by atoms with Gasteiger partial charge in [0.15, 0.2) is 0 Å². The lowest BCUT2D eigenvalue weighted by molar-refractivity contribution is -0.124. The number of carbonyl (C=O) groups excluding carboxylic acids is 1. The number of nitrogens with one attached hydrogen (secondary N) is 2. The van der Waals surface area contributed by atoms with Crippen LogP contribution in [0.1, 0.15) is 33.6 Å². The summed E-state index contributed by atoms with van der Waals surface area (Å²) in [6.07, 6.45) is 2.04. The van der Waals surface area contributed by atoms with Gasteiger partial charge in [-0.25, -0.2) is 0 Å². The molecule has 0 aromatic heterocycles. The van der Waals surface area contributed by atoms with Crippen LogP contribution in [0, 0.1) is 5.92 Å². The van der Waals surface area contributed by atoms with Crippen molar-refractivity contribution in [3.63, 3.8) is 0 Å². The Labute approximate surface area is 98.1 Å². The molecule has 0 aromatic carbocycles. The number of carbonyl (C=O) groups is 1. The van der Waals surface area contributed by atoms with Gasteiger partial charge in [-0.1, -0.05) is 13.8 Å². The molecule has 1 aliphatic rings. The van der Waals surface area contributed by atoms with E-state index in [0.29, 0.717) is 19.1 Å². The average Bonchev–Trinajstić information content (AvgIpc) is 2.76. The van der Waals surface area contributed by atoms with Crippen LogP contribution in [-0.2, 0) is 9.53 Å². The third-order valence-electron chi connectivity index (χ3n) is 3.01. The molecular formula is C12H24N2O2. The Bertz CT molecular complexity index is 213. The van der Waals surface area contributed by atoms with Crippen LogP contribution >= 0.6 is 0 Å². The van der Waals surface area contributed by atoms with Gasteiger partial charge in [-0.15, -0.1) is 0 Å². The normalized spacial score (nSPS) is 22.4. The summed E-state index contributed by atoms with van der Waals surface area (Å²) < 4.78 is 5.39. The lowest BCUT2D eigenvalue weighted by Crippen LogP contribution is -2.48. The van der Waals surface area contributed by atoms with Crippen molar-refractivity contribution in [1.29, 1.82) is 0 Å². The topological polar surface area (TPSA) is 50.4 Å². The SMILES string of the molecule is CCOCC(NC(=O)[C@H]1CCCN1)C(C)C. The fourth-order valence-corrected chi connectivity index (χ4v) is 1.84. The molecule has 94 valence electrons. The van der Waals surface area contributed by atoms with Gasteiger partial charge in [-0.2, -0.15) is 0 Å². The zero-order valence-electron chi connectivity index (χ0n) is 10.6. The first kappa shape index (κ1) is 13.5. The van der Waals surface area contributed by atoms with Crippen molar-refractivity contribution in [3.05, 3.63) is 0 Å². The molecule has 1 heterocycles. The average molecular weight is 228 g/mol. The Morgan fingerprint density at radius 2 is 2.31 bits per heavy atom. The summed E-state index contributed by atoms with van der Waals surface area (Å²) >= 11 is 0. The molecule has 1 aliphatic heterocycles. The molecule has 0 aromatic rings. The van der Waals surface area contributed by atoms with Gasteiger partial charge in [-0.3, -0.25) is 4.79 Å². The third-order valence-corrected chi connectivity index (χ3v) is 3.01. The largest absolute Gasteiger partial charge is 0.380 e. The molecule has 0 saturated carbocycles. The number of rotatable bonds is 6. The highest BCUT2D eigenvalue weighted by Crippen LogP contribution is 2.07. The van der Waals surface area contributed by atoms with Crippen LogP contribution in [0.25, 0.3) is 0 Å². The molecule has 1 amide bonds. The highest BCUT2D eigenvalue weighted by atomic mass is 16.5. The number of hydrogen-bond acceptors (Lipinski definition) is 3. The standard InChI is InChI=1S/C12H24N2O2/c1-4-16-8-11(9(2)3)14-12(15)10-6-5-7-13-10/h9-11,13H,4-8H2,1-3H3,(H,14,15)/t10-,11?/m1/s1. The monoisotopic (exact) mass is 228 g/mol. The minimum absolute atomic E-state index is 0.00266. The molecule has 1 fully saturated rings. The minimum Gasteiger partial charge on any atom is -0.380 e. The fourth-order valence-electron chi connectivity index (χ4n) is 1.84. The summed E-state index contributed by atoms with van der Waals surface area (Å²) in [4.78, 5) is 11.9. The Morgan fingerprint density at radius 3 is 2.81 bits per heavy atom. The molecule has 16 heavy (non-hydrogen) atoms. The zero-order chi connectivity index (χ0) is 12.0. The summed E-state index contributed by atoms with van der Waals surface area (Å²) in [7, 11) is 0. The van der Waals surface area contributed by atoms with Crippen molar-refractivity contribution >= 4 is 5.91 Å². The molecule has 0 radical (unpaired) electrons. The van der Waals surface area contributed by atoms with Crippen molar-refractivity contribution in [2.45, 2.75) is 45.7 Å². The van der Waals surface area contributed by atoms with Crippen LogP contribution in [-0.4, -0.2) is 37.7 Å². The van der Waals surface area contributed by atoms with Gasteiger partial charge in [0.1, 0.15) is 0 Å². The molecule has 4 heteroatoms. The minimum atomic E-state index is 0.00266. The molecule has 1 saturated heterocycles. The van der Waals surface area contributed by atoms with Crippen molar-refractivity contribution in [2.24, 2.45) is 5.92 Å². The summed E-state index contributed by atoms with van der Waals surface area (Å²) in [6.45, 7) is 8.43. The van der Waals surface area contributed by atoms with E-state index in [9.17, 15) is 4.79 Å². The molecule has 0 aliphatic carbocycles. The van der Waals surface area contributed by atoms with E-state index < -0.39 is 0 Å². The molecule has 4 nitrogen and oxygen atoms in total. The fraction of sp³-hybridized carbons (Fsp3) is 0.917. The van der Waals surface area contributed by atoms with E-state index in [1.165, 1.54) is 0 Å². The Kier molecular flexibility index (Phi) is 5.77. The van der Waals surface area contributed by atoms with Gasteiger partial charge in [0, 0.05) is 6.61 Å². The first-order chi connectivity index (χ1) is 7.65. The van der Waals surface area contributed by atoms with Gasteiger partial charge < -0.3 is 15.4 Å².